The number of benzene rings is 3. The summed E-state index contributed by atoms with van der Waals surface area (Å²) in [6.45, 7) is 5.95. The fourth-order valence-electron chi connectivity index (χ4n) is 5.36. The smallest absolute Gasteiger partial charge is 0.265 e. The molecule has 3 aromatic carbocycles. The molecule has 0 aliphatic rings. The summed E-state index contributed by atoms with van der Waals surface area (Å²) < 4.78 is 33.8. The Hall–Kier alpha value is -4.11. The Kier molecular flexibility index (Phi) is 9.41. The molecule has 2 N–H and O–H groups in total. The van der Waals surface area contributed by atoms with Gasteiger partial charge >= 0.3 is 0 Å². The van der Waals surface area contributed by atoms with Crippen molar-refractivity contribution in [2.45, 2.75) is 50.8 Å². The van der Waals surface area contributed by atoms with Gasteiger partial charge in [0, 0.05) is 54.7 Å². The number of rotatable bonds is 11. The summed E-state index contributed by atoms with van der Waals surface area (Å²) >= 11 is 0. The Morgan fingerprint density at radius 1 is 1.00 bits per heavy atom. The number of aryl methyl sites for hydroxylation is 2. The van der Waals surface area contributed by atoms with Crippen LogP contribution in [0.3, 0.4) is 0 Å². The van der Waals surface area contributed by atoms with E-state index in [1.165, 1.54) is 6.07 Å². The molecule has 8 nitrogen and oxygen atoms in total. The van der Waals surface area contributed by atoms with E-state index in [-0.39, 0.29) is 28.2 Å². The monoisotopic (exact) mass is 589 g/mol. The molecular weight excluding hydrogens is 550 g/mol. The number of nitrogens with one attached hydrogen (secondary N) is 2. The van der Waals surface area contributed by atoms with Crippen LogP contribution in [0.1, 0.15) is 65.2 Å². The summed E-state index contributed by atoms with van der Waals surface area (Å²) in [5, 5.41) is 1.10. The van der Waals surface area contributed by atoms with E-state index < -0.39 is 15.9 Å². The lowest BCUT2D eigenvalue weighted by atomic mass is 9.81. The predicted octanol–water partition coefficient (Wildman–Crippen LogP) is 5.80. The van der Waals surface area contributed by atoms with Gasteiger partial charge in [0.25, 0.3) is 15.9 Å². The quantitative estimate of drug-likeness (QED) is 0.230. The lowest BCUT2D eigenvalue weighted by Crippen LogP contribution is -2.31. The highest BCUT2D eigenvalue weighted by atomic mass is 32.2. The van der Waals surface area contributed by atoms with E-state index in [4.69, 9.17) is 4.74 Å². The van der Waals surface area contributed by atoms with Crippen molar-refractivity contribution in [1.82, 2.24) is 14.6 Å². The van der Waals surface area contributed by atoms with Crippen LogP contribution in [-0.2, 0) is 21.2 Å². The number of hydrogen-bond acceptors (Lipinski definition) is 5. The highest BCUT2D eigenvalue weighted by Gasteiger charge is 2.27. The van der Waals surface area contributed by atoms with Crippen molar-refractivity contribution in [1.29, 1.82) is 0 Å². The van der Waals surface area contributed by atoms with Crippen molar-refractivity contribution in [3.8, 4) is 5.75 Å². The molecule has 0 saturated carbocycles. The molecule has 0 saturated heterocycles. The van der Waals surface area contributed by atoms with Crippen LogP contribution in [0.4, 0.5) is 0 Å². The fourth-order valence-corrected chi connectivity index (χ4v) is 6.58. The van der Waals surface area contributed by atoms with Gasteiger partial charge in [-0.15, -0.1) is 0 Å². The molecule has 1 atom stereocenters. The van der Waals surface area contributed by atoms with Gasteiger partial charge in [-0.05, 0) is 72.7 Å². The molecule has 1 unspecified atom stereocenters. The van der Waals surface area contributed by atoms with Crippen molar-refractivity contribution < 1.29 is 22.7 Å². The second kappa shape index (κ2) is 12.8. The number of carbonyl (C=O) groups excluding carboxylic acids is 2. The first-order valence-electron chi connectivity index (χ1n) is 14.0. The molecule has 0 aliphatic carbocycles. The molecule has 0 fully saturated rings. The van der Waals surface area contributed by atoms with Crippen molar-refractivity contribution in [2.24, 2.45) is 5.92 Å². The summed E-state index contributed by atoms with van der Waals surface area (Å²) in [6, 6.07) is 17.9. The average Bonchev–Trinajstić information content (AvgIpc) is 3.35. The molecule has 4 rings (SSSR count). The first-order chi connectivity index (χ1) is 19.9. The summed E-state index contributed by atoms with van der Waals surface area (Å²) in [4.78, 5) is 30.1. The molecule has 1 heterocycles. The number of ether oxygens (including phenoxy) is 1. The molecular formula is C33H39N3O5S. The van der Waals surface area contributed by atoms with Gasteiger partial charge in [-0.1, -0.05) is 44.2 Å². The number of amides is 2. The number of sulfonamides is 1. The number of nitrogens with zero attached hydrogens (tertiary/aromatic N) is 1. The summed E-state index contributed by atoms with van der Waals surface area (Å²) in [6.07, 6.45) is 4.09. The van der Waals surface area contributed by atoms with Crippen LogP contribution < -0.4 is 9.46 Å². The van der Waals surface area contributed by atoms with Crippen molar-refractivity contribution in [3.05, 3.63) is 94.7 Å². The summed E-state index contributed by atoms with van der Waals surface area (Å²) in [5.41, 5.74) is 4.90. The molecule has 2 amide bonds. The Balaban J connectivity index is 1.63. The maximum Gasteiger partial charge on any atom is 0.265 e. The van der Waals surface area contributed by atoms with Crippen molar-refractivity contribution >= 4 is 32.7 Å². The van der Waals surface area contributed by atoms with Gasteiger partial charge in [0.05, 0.1) is 12.0 Å². The van der Waals surface area contributed by atoms with Gasteiger partial charge in [-0.2, -0.15) is 0 Å². The van der Waals surface area contributed by atoms with Crippen molar-refractivity contribution in [3.63, 3.8) is 0 Å². The second-order valence-corrected chi connectivity index (χ2v) is 12.8. The lowest BCUT2D eigenvalue weighted by molar-refractivity contribution is -0.128. The Morgan fingerprint density at radius 2 is 1.74 bits per heavy atom. The van der Waals surface area contributed by atoms with Crippen LogP contribution in [0, 0.1) is 12.8 Å². The maximum atomic E-state index is 13.1. The molecule has 0 spiro atoms. The molecule has 9 heteroatoms. The van der Waals surface area contributed by atoms with Gasteiger partial charge in [0.15, 0.2) is 0 Å². The van der Waals surface area contributed by atoms with Crippen LogP contribution in [0.5, 0.6) is 5.75 Å². The zero-order valence-corrected chi connectivity index (χ0v) is 25.8. The second-order valence-electron chi connectivity index (χ2n) is 11.1. The third-order valence-electron chi connectivity index (χ3n) is 7.58. The largest absolute Gasteiger partial charge is 0.496 e. The van der Waals surface area contributed by atoms with Crippen LogP contribution in [-0.4, -0.2) is 51.3 Å². The van der Waals surface area contributed by atoms with Gasteiger partial charge in [-0.25, -0.2) is 13.1 Å². The minimum atomic E-state index is -4.04. The number of H-pyrrole nitrogens is 1. The zero-order chi connectivity index (χ0) is 30.6. The van der Waals surface area contributed by atoms with Gasteiger partial charge < -0.3 is 14.6 Å². The highest BCUT2D eigenvalue weighted by Crippen LogP contribution is 2.41. The van der Waals surface area contributed by atoms with Gasteiger partial charge in [0.2, 0.25) is 5.91 Å². The number of hydrogen-bond donors (Lipinski definition) is 2. The Bertz CT molecular complexity index is 1710. The van der Waals surface area contributed by atoms with Crippen LogP contribution in [0.25, 0.3) is 10.9 Å². The van der Waals surface area contributed by atoms with E-state index >= 15 is 0 Å². The van der Waals surface area contributed by atoms with Crippen LogP contribution in [0.2, 0.25) is 0 Å². The van der Waals surface area contributed by atoms with E-state index in [1.807, 2.05) is 12.3 Å². The Labute approximate surface area is 248 Å². The summed E-state index contributed by atoms with van der Waals surface area (Å²) in [5.74, 6) is 0.0128. The van der Waals surface area contributed by atoms with Crippen LogP contribution in [0.15, 0.2) is 71.8 Å². The first-order valence-corrected chi connectivity index (χ1v) is 15.5. The van der Waals surface area contributed by atoms with E-state index in [9.17, 15) is 18.0 Å². The number of aromatic amines is 1. The average molecular weight is 590 g/mol. The third-order valence-corrected chi connectivity index (χ3v) is 9.07. The maximum absolute atomic E-state index is 13.1. The topological polar surface area (TPSA) is 109 Å². The fraction of sp³-hybridized carbons (Fsp3) is 0.333. The standard InChI is InChI=1S/C33H39N3O5S/c1-21(2)32(27-20-34-28-17-14-23(18-26(27)28)11-9-13-31(37)36(4)5)25-16-15-24(19-29(25)41-6)33(38)35-42(39,40)30-12-8-7-10-22(30)3/h7-8,10,12,14-21,32,34H,9,11,13H2,1-6H3,(H,35,38). The van der Waals surface area contributed by atoms with Gasteiger partial charge in [-0.3, -0.25) is 9.59 Å². The van der Waals surface area contributed by atoms with Crippen LogP contribution >= 0.6 is 0 Å². The number of methoxy groups -OCH3 is 1. The Morgan fingerprint density at radius 3 is 2.40 bits per heavy atom. The van der Waals surface area contributed by atoms with E-state index in [2.05, 4.69) is 41.8 Å². The normalized spacial score (nSPS) is 12.4. The molecule has 0 radical (unpaired) electrons. The number of fused-ring (bicyclic) bond motifs is 1. The van der Waals surface area contributed by atoms with Crippen molar-refractivity contribution in [2.75, 3.05) is 21.2 Å². The van der Waals surface area contributed by atoms with E-state index in [1.54, 1.807) is 63.4 Å². The molecule has 0 aliphatic heterocycles. The summed E-state index contributed by atoms with van der Waals surface area (Å²) in [7, 11) is 1.04. The highest BCUT2D eigenvalue weighted by molar-refractivity contribution is 7.90. The minimum Gasteiger partial charge on any atom is -0.496 e. The molecule has 1 aromatic heterocycles. The van der Waals surface area contributed by atoms with E-state index in [0.29, 0.717) is 17.7 Å². The molecule has 42 heavy (non-hydrogen) atoms. The SMILES string of the molecule is COc1cc(C(=O)NS(=O)(=O)c2ccccc2C)ccc1C(c1c[nH]c2ccc(CCCC(=O)N(C)C)cc12)C(C)C. The zero-order valence-electron chi connectivity index (χ0n) is 25.0. The number of aromatic nitrogens is 1. The van der Waals surface area contributed by atoms with Gasteiger partial charge in [0.1, 0.15) is 5.75 Å². The molecule has 0 bridgehead atoms. The predicted molar refractivity (Wildman–Crippen MR) is 165 cm³/mol. The minimum absolute atomic E-state index is 0.0600. The number of carbonyl (C=O) groups is 2. The first kappa shape index (κ1) is 30.8. The molecule has 4 aromatic rings. The lowest BCUT2D eigenvalue weighted by Gasteiger charge is -2.24. The molecule has 222 valence electrons. The van der Waals surface area contributed by atoms with E-state index in [0.717, 1.165) is 40.4 Å². The third kappa shape index (κ3) is 6.68.